The summed E-state index contributed by atoms with van der Waals surface area (Å²) in [6, 6.07) is 4.51. The van der Waals surface area contributed by atoms with E-state index in [1.807, 2.05) is 6.92 Å². The van der Waals surface area contributed by atoms with E-state index in [1.165, 1.54) is 12.1 Å². The summed E-state index contributed by atoms with van der Waals surface area (Å²) in [5, 5.41) is 19.2. The Kier molecular flexibility index (Phi) is 5.48. The molecule has 20 heavy (non-hydrogen) atoms. The van der Waals surface area contributed by atoms with Gasteiger partial charge in [0.2, 0.25) is 0 Å². The number of halogens is 1. The number of β-amino-alcohol motifs (C(OH)–C–C–N with tert-alkyl or cyclic N) is 2. The minimum atomic E-state index is -0.583. The van der Waals surface area contributed by atoms with Crippen LogP contribution in [-0.2, 0) is 0 Å². The number of rotatable bonds is 5. The summed E-state index contributed by atoms with van der Waals surface area (Å²) in [6.45, 7) is 6.89. The lowest BCUT2D eigenvalue weighted by Gasteiger charge is -2.35. The molecule has 0 amide bonds. The van der Waals surface area contributed by atoms with Gasteiger partial charge in [-0.1, -0.05) is 6.07 Å². The van der Waals surface area contributed by atoms with Crippen LogP contribution in [0.5, 0.6) is 0 Å². The van der Waals surface area contributed by atoms with Gasteiger partial charge in [0.15, 0.2) is 0 Å². The molecule has 1 fully saturated rings. The fourth-order valence-corrected chi connectivity index (χ4v) is 2.69. The topological polar surface area (TPSA) is 46.9 Å². The molecule has 1 aromatic rings. The Balaban J connectivity index is 1.87. The van der Waals surface area contributed by atoms with Crippen LogP contribution in [0.4, 0.5) is 4.39 Å². The summed E-state index contributed by atoms with van der Waals surface area (Å²) in [5.74, 6) is -0.268. The number of aryl methyl sites for hydroxylation is 1. The van der Waals surface area contributed by atoms with Crippen molar-refractivity contribution < 1.29 is 14.6 Å². The normalized spacial score (nSPS) is 19.2. The number of hydrogen-bond donors (Lipinski definition) is 2. The van der Waals surface area contributed by atoms with Gasteiger partial charge in [0, 0.05) is 39.3 Å². The van der Waals surface area contributed by atoms with Crippen LogP contribution in [0.25, 0.3) is 0 Å². The molecule has 1 atom stereocenters. The molecule has 0 aromatic heterocycles. The highest BCUT2D eigenvalue weighted by Gasteiger charge is 2.20. The average molecular weight is 282 g/mol. The van der Waals surface area contributed by atoms with Gasteiger partial charge in [0.25, 0.3) is 0 Å². The third kappa shape index (κ3) is 3.99. The van der Waals surface area contributed by atoms with Crippen molar-refractivity contribution in [2.45, 2.75) is 13.0 Å². The maximum absolute atomic E-state index is 13.1. The molecule has 1 aliphatic heterocycles. The SMILES string of the molecule is Cc1cc(F)ccc1C(O)CN1CCN(CCO)CC1. The van der Waals surface area contributed by atoms with Crippen LogP contribution in [0.1, 0.15) is 17.2 Å². The first-order valence-corrected chi connectivity index (χ1v) is 7.10. The molecule has 1 aliphatic rings. The van der Waals surface area contributed by atoms with Crippen LogP contribution >= 0.6 is 0 Å². The van der Waals surface area contributed by atoms with E-state index in [1.54, 1.807) is 6.07 Å². The van der Waals surface area contributed by atoms with Crippen LogP contribution in [0.15, 0.2) is 18.2 Å². The summed E-state index contributed by atoms with van der Waals surface area (Å²) < 4.78 is 13.1. The molecule has 112 valence electrons. The van der Waals surface area contributed by atoms with Crippen molar-refractivity contribution >= 4 is 0 Å². The Morgan fingerprint density at radius 2 is 1.85 bits per heavy atom. The van der Waals surface area contributed by atoms with Gasteiger partial charge in [0.1, 0.15) is 5.82 Å². The second-order valence-electron chi connectivity index (χ2n) is 5.38. The van der Waals surface area contributed by atoms with Crippen molar-refractivity contribution in [3.63, 3.8) is 0 Å². The number of aliphatic hydroxyl groups is 2. The predicted octanol–water partition coefficient (Wildman–Crippen LogP) is 0.777. The molecule has 1 saturated heterocycles. The van der Waals surface area contributed by atoms with Gasteiger partial charge in [-0.15, -0.1) is 0 Å². The zero-order valence-electron chi connectivity index (χ0n) is 11.9. The highest BCUT2D eigenvalue weighted by atomic mass is 19.1. The van der Waals surface area contributed by atoms with Crippen molar-refractivity contribution in [1.29, 1.82) is 0 Å². The van der Waals surface area contributed by atoms with Crippen molar-refractivity contribution in [3.8, 4) is 0 Å². The molecule has 1 unspecified atom stereocenters. The Morgan fingerprint density at radius 1 is 1.20 bits per heavy atom. The first-order chi connectivity index (χ1) is 9.60. The Hall–Kier alpha value is -1.01. The van der Waals surface area contributed by atoms with Crippen molar-refractivity contribution in [2.24, 2.45) is 0 Å². The zero-order valence-corrected chi connectivity index (χ0v) is 11.9. The second-order valence-corrected chi connectivity index (χ2v) is 5.38. The first kappa shape index (κ1) is 15.4. The van der Waals surface area contributed by atoms with Crippen molar-refractivity contribution in [3.05, 3.63) is 35.1 Å². The van der Waals surface area contributed by atoms with E-state index in [9.17, 15) is 9.50 Å². The Morgan fingerprint density at radius 3 is 2.45 bits per heavy atom. The van der Waals surface area contributed by atoms with E-state index < -0.39 is 6.10 Å². The van der Waals surface area contributed by atoms with Crippen molar-refractivity contribution in [2.75, 3.05) is 45.9 Å². The highest BCUT2D eigenvalue weighted by molar-refractivity contribution is 5.28. The summed E-state index contributed by atoms with van der Waals surface area (Å²) in [6.07, 6.45) is -0.583. The molecule has 0 spiro atoms. The van der Waals surface area contributed by atoms with E-state index in [0.29, 0.717) is 13.1 Å². The van der Waals surface area contributed by atoms with Crippen LogP contribution < -0.4 is 0 Å². The fourth-order valence-electron chi connectivity index (χ4n) is 2.69. The number of piperazine rings is 1. The second kappa shape index (κ2) is 7.13. The molecule has 1 aromatic carbocycles. The lowest BCUT2D eigenvalue weighted by Crippen LogP contribution is -2.48. The maximum atomic E-state index is 13.1. The molecule has 0 radical (unpaired) electrons. The van der Waals surface area contributed by atoms with E-state index >= 15 is 0 Å². The molecule has 0 aliphatic carbocycles. The monoisotopic (exact) mass is 282 g/mol. The van der Waals surface area contributed by atoms with Gasteiger partial charge >= 0.3 is 0 Å². The van der Waals surface area contributed by atoms with Gasteiger partial charge in [-0.3, -0.25) is 9.80 Å². The molecule has 2 N–H and O–H groups in total. The van der Waals surface area contributed by atoms with E-state index in [2.05, 4.69) is 9.80 Å². The van der Waals surface area contributed by atoms with Crippen LogP contribution in [-0.4, -0.2) is 65.9 Å². The van der Waals surface area contributed by atoms with E-state index in [4.69, 9.17) is 5.11 Å². The lowest BCUT2D eigenvalue weighted by atomic mass is 10.0. The third-order valence-corrected chi connectivity index (χ3v) is 3.90. The third-order valence-electron chi connectivity index (χ3n) is 3.90. The molecular formula is C15H23FN2O2. The first-order valence-electron chi connectivity index (χ1n) is 7.10. The fraction of sp³-hybridized carbons (Fsp3) is 0.600. The van der Waals surface area contributed by atoms with E-state index in [0.717, 1.165) is 37.3 Å². The maximum Gasteiger partial charge on any atom is 0.123 e. The number of hydrogen-bond acceptors (Lipinski definition) is 4. The predicted molar refractivity (Wildman–Crippen MR) is 76.1 cm³/mol. The highest BCUT2D eigenvalue weighted by Crippen LogP contribution is 2.20. The average Bonchev–Trinajstić information content (AvgIpc) is 2.41. The van der Waals surface area contributed by atoms with E-state index in [-0.39, 0.29) is 12.4 Å². The van der Waals surface area contributed by atoms with Gasteiger partial charge in [0.05, 0.1) is 12.7 Å². The summed E-state index contributed by atoms with van der Waals surface area (Å²) >= 11 is 0. The summed E-state index contributed by atoms with van der Waals surface area (Å²) in [7, 11) is 0. The Bertz CT molecular complexity index is 434. The Labute approximate surface area is 119 Å². The van der Waals surface area contributed by atoms with Gasteiger partial charge in [-0.25, -0.2) is 4.39 Å². The quantitative estimate of drug-likeness (QED) is 0.838. The number of aliphatic hydroxyl groups excluding tert-OH is 2. The minimum Gasteiger partial charge on any atom is -0.395 e. The molecule has 4 nitrogen and oxygen atoms in total. The molecule has 0 saturated carbocycles. The number of benzene rings is 1. The van der Waals surface area contributed by atoms with Crippen molar-refractivity contribution in [1.82, 2.24) is 9.80 Å². The molecule has 0 bridgehead atoms. The minimum absolute atomic E-state index is 0.192. The van der Waals surface area contributed by atoms with Gasteiger partial charge in [-0.05, 0) is 30.2 Å². The summed E-state index contributed by atoms with van der Waals surface area (Å²) in [5.41, 5.74) is 1.58. The molecule has 5 heteroatoms. The van der Waals surface area contributed by atoms with Crippen LogP contribution in [0, 0.1) is 12.7 Å². The lowest BCUT2D eigenvalue weighted by molar-refractivity contribution is 0.0658. The zero-order chi connectivity index (χ0) is 14.5. The molecule has 2 rings (SSSR count). The smallest absolute Gasteiger partial charge is 0.123 e. The van der Waals surface area contributed by atoms with Crippen LogP contribution in [0.2, 0.25) is 0 Å². The summed E-state index contributed by atoms with van der Waals surface area (Å²) in [4.78, 5) is 4.42. The van der Waals surface area contributed by atoms with Crippen LogP contribution in [0.3, 0.4) is 0 Å². The molecule has 1 heterocycles. The number of nitrogens with zero attached hydrogens (tertiary/aromatic N) is 2. The standard InChI is InChI=1S/C15H23FN2O2/c1-12-10-13(16)2-3-14(12)15(20)11-18-6-4-17(5-7-18)8-9-19/h2-3,10,15,19-20H,4-9,11H2,1H3. The molecular weight excluding hydrogens is 259 g/mol. The van der Waals surface area contributed by atoms with Gasteiger partial charge < -0.3 is 10.2 Å². The largest absolute Gasteiger partial charge is 0.395 e. The van der Waals surface area contributed by atoms with Gasteiger partial charge in [-0.2, -0.15) is 0 Å².